The van der Waals surface area contributed by atoms with Crippen molar-refractivity contribution in [2.75, 3.05) is 24.2 Å². The number of nitrogen functional groups attached to an aromatic ring is 1. The maximum absolute atomic E-state index is 11.3. The molecule has 1 rings (SSSR count). The fraction of sp³-hybridized carbons (Fsp3) is 0.400. The highest BCUT2D eigenvalue weighted by Gasteiger charge is 2.17. The van der Waals surface area contributed by atoms with Crippen LogP contribution < -0.4 is 15.8 Å². The summed E-state index contributed by atoms with van der Waals surface area (Å²) in [6.07, 6.45) is -0.544. The molecule has 0 bridgehead atoms. The minimum Gasteiger partial charge on any atom is -0.396 e. The molecule has 7 heteroatoms. The van der Waals surface area contributed by atoms with Crippen molar-refractivity contribution in [3.8, 4) is 0 Å². The first-order chi connectivity index (χ1) is 7.73. The van der Waals surface area contributed by atoms with Gasteiger partial charge < -0.3 is 15.7 Å². The van der Waals surface area contributed by atoms with Crippen LogP contribution >= 0.6 is 0 Å². The van der Waals surface area contributed by atoms with Crippen LogP contribution in [-0.4, -0.2) is 33.2 Å². The third-order valence-electron chi connectivity index (χ3n) is 2.30. The van der Waals surface area contributed by atoms with Crippen molar-refractivity contribution in [2.45, 2.75) is 17.9 Å². The number of aliphatic hydroxyl groups is 1. The zero-order valence-corrected chi connectivity index (χ0v) is 10.6. The van der Waals surface area contributed by atoms with Gasteiger partial charge in [-0.2, -0.15) is 0 Å². The van der Waals surface area contributed by atoms with Crippen LogP contribution in [0.2, 0.25) is 0 Å². The third kappa shape index (κ3) is 3.32. The summed E-state index contributed by atoms with van der Waals surface area (Å²) in [4.78, 5) is 1.57. The molecule has 1 unspecified atom stereocenters. The van der Waals surface area contributed by atoms with Gasteiger partial charge in [-0.3, -0.25) is 0 Å². The normalized spacial score (nSPS) is 13.4. The molecular weight excluding hydrogens is 242 g/mol. The zero-order valence-electron chi connectivity index (χ0n) is 9.79. The first kappa shape index (κ1) is 13.8. The number of nitrogens with two attached hydrogens (primary N) is 2. The van der Waals surface area contributed by atoms with E-state index in [0.717, 1.165) is 0 Å². The van der Waals surface area contributed by atoms with Crippen LogP contribution in [0.3, 0.4) is 0 Å². The molecule has 0 saturated heterocycles. The highest BCUT2D eigenvalue weighted by molar-refractivity contribution is 7.89. The van der Waals surface area contributed by atoms with Crippen LogP contribution in [0.1, 0.15) is 6.92 Å². The predicted molar refractivity (Wildman–Crippen MR) is 67.2 cm³/mol. The Balaban J connectivity index is 3.20. The van der Waals surface area contributed by atoms with Crippen molar-refractivity contribution < 1.29 is 13.5 Å². The van der Waals surface area contributed by atoms with Gasteiger partial charge in [0.2, 0.25) is 10.0 Å². The van der Waals surface area contributed by atoms with Crippen LogP contribution in [0, 0.1) is 0 Å². The van der Waals surface area contributed by atoms with Gasteiger partial charge in [0, 0.05) is 13.6 Å². The number of hydrogen-bond donors (Lipinski definition) is 3. The number of nitrogens with zero attached hydrogens (tertiary/aromatic N) is 1. The van der Waals surface area contributed by atoms with Crippen molar-refractivity contribution >= 4 is 21.4 Å². The molecule has 1 atom stereocenters. The van der Waals surface area contributed by atoms with Crippen LogP contribution in [-0.2, 0) is 10.0 Å². The Hall–Kier alpha value is -1.31. The van der Waals surface area contributed by atoms with Gasteiger partial charge in [-0.15, -0.1) is 0 Å². The lowest BCUT2D eigenvalue weighted by Gasteiger charge is -2.23. The molecule has 0 aliphatic rings. The van der Waals surface area contributed by atoms with Crippen molar-refractivity contribution in [3.63, 3.8) is 0 Å². The average Bonchev–Trinajstić information content (AvgIpc) is 2.14. The van der Waals surface area contributed by atoms with Crippen molar-refractivity contribution in [2.24, 2.45) is 5.14 Å². The number of likely N-dealkylation sites (N-methyl/N-ethyl adjacent to an activating group) is 1. The van der Waals surface area contributed by atoms with Crippen molar-refractivity contribution in [3.05, 3.63) is 18.2 Å². The van der Waals surface area contributed by atoms with Gasteiger partial charge in [0.05, 0.1) is 17.5 Å². The van der Waals surface area contributed by atoms with E-state index >= 15 is 0 Å². The Kier molecular flexibility index (Phi) is 3.97. The minimum atomic E-state index is -3.83. The van der Waals surface area contributed by atoms with E-state index in [0.29, 0.717) is 12.2 Å². The molecule has 1 aromatic carbocycles. The Labute approximate surface area is 101 Å². The van der Waals surface area contributed by atoms with Gasteiger partial charge in [0.1, 0.15) is 4.90 Å². The lowest BCUT2D eigenvalue weighted by molar-refractivity contribution is 0.201. The minimum absolute atomic E-state index is 0.0955. The summed E-state index contributed by atoms with van der Waals surface area (Å²) in [7, 11) is -2.12. The van der Waals surface area contributed by atoms with Crippen LogP contribution in [0.4, 0.5) is 11.4 Å². The van der Waals surface area contributed by atoms with E-state index < -0.39 is 16.1 Å². The summed E-state index contributed by atoms with van der Waals surface area (Å²) in [6.45, 7) is 1.98. The summed E-state index contributed by atoms with van der Waals surface area (Å²) >= 11 is 0. The first-order valence-electron chi connectivity index (χ1n) is 5.04. The SMILES string of the molecule is CC(O)CN(C)c1cccc(S(N)(=O)=O)c1N. The standard InChI is InChI=1S/C10H17N3O3S/c1-7(14)6-13(2)8-4-3-5-9(10(8)11)17(12,15)16/h3-5,7,14H,6,11H2,1-2H3,(H2,12,15,16). The molecule has 0 amide bonds. The lowest BCUT2D eigenvalue weighted by Crippen LogP contribution is -2.28. The first-order valence-corrected chi connectivity index (χ1v) is 6.58. The summed E-state index contributed by atoms with van der Waals surface area (Å²) in [5.74, 6) is 0. The molecule has 0 aliphatic heterocycles. The van der Waals surface area contributed by atoms with Gasteiger partial charge in [-0.25, -0.2) is 13.6 Å². The summed E-state index contributed by atoms with van der Waals surface area (Å²) in [5.41, 5.74) is 6.38. The van der Waals surface area contributed by atoms with Gasteiger partial charge in [0.15, 0.2) is 0 Å². The maximum atomic E-state index is 11.3. The van der Waals surface area contributed by atoms with Crippen LogP contribution in [0.25, 0.3) is 0 Å². The average molecular weight is 259 g/mol. The molecule has 0 saturated carbocycles. The number of primary sulfonamides is 1. The molecule has 0 heterocycles. The molecule has 0 fully saturated rings. The molecule has 6 nitrogen and oxygen atoms in total. The van der Waals surface area contributed by atoms with E-state index in [1.54, 1.807) is 31.0 Å². The number of anilines is 2. The smallest absolute Gasteiger partial charge is 0.240 e. The van der Waals surface area contributed by atoms with E-state index in [4.69, 9.17) is 10.9 Å². The van der Waals surface area contributed by atoms with Gasteiger partial charge in [-0.1, -0.05) is 6.07 Å². The van der Waals surface area contributed by atoms with E-state index in [-0.39, 0.29) is 10.6 Å². The fourth-order valence-electron chi connectivity index (χ4n) is 1.61. The second-order valence-corrected chi connectivity index (χ2v) is 5.49. The quantitative estimate of drug-likeness (QED) is 0.645. The molecule has 17 heavy (non-hydrogen) atoms. The summed E-state index contributed by atoms with van der Waals surface area (Å²) in [6, 6.07) is 4.58. The molecule has 96 valence electrons. The Morgan fingerprint density at radius 2 is 2.06 bits per heavy atom. The molecular formula is C10H17N3O3S. The lowest BCUT2D eigenvalue weighted by atomic mass is 10.2. The fourth-order valence-corrected chi connectivity index (χ4v) is 2.29. The van der Waals surface area contributed by atoms with Crippen LogP contribution in [0.5, 0.6) is 0 Å². The van der Waals surface area contributed by atoms with E-state index in [2.05, 4.69) is 0 Å². The molecule has 0 spiro atoms. The number of benzene rings is 1. The Morgan fingerprint density at radius 1 is 1.47 bits per heavy atom. The molecule has 5 N–H and O–H groups in total. The van der Waals surface area contributed by atoms with Crippen molar-refractivity contribution in [1.82, 2.24) is 0 Å². The number of para-hydroxylation sites is 1. The summed E-state index contributed by atoms with van der Waals surface area (Å²) in [5, 5.41) is 14.3. The molecule has 0 radical (unpaired) electrons. The van der Waals surface area contributed by atoms with E-state index in [1.807, 2.05) is 0 Å². The second kappa shape index (κ2) is 4.91. The molecule has 1 aromatic rings. The predicted octanol–water partition coefficient (Wildman–Crippen LogP) is -0.267. The number of sulfonamides is 1. The molecule has 0 aliphatic carbocycles. The highest BCUT2D eigenvalue weighted by Crippen LogP contribution is 2.28. The highest BCUT2D eigenvalue weighted by atomic mass is 32.2. The monoisotopic (exact) mass is 259 g/mol. The number of aliphatic hydroxyl groups excluding tert-OH is 1. The second-order valence-electron chi connectivity index (χ2n) is 3.96. The number of rotatable bonds is 4. The van der Waals surface area contributed by atoms with E-state index in [9.17, 15) is 13.5 Å². The van der Waals surface area contributed by atoms with E-state index in [1.165, 1.54) is 6.07 Å². The topological polar surface area (TPSA) is 110 Å². The van der Waals surface area contributed by atoms with Gasteiger partial charge in [0.25, 0.3) is 0 Å². The Morgan fingerprint density at radius 3 is 2.53 bits per heavy atom. The third-order valence-corrected chi connectivity index (χ3v) is 3.27. The van der Waals surface area contributed by atoms with Crippen LogP contribution in [0.15, 0.2) is 23.1 Å². The van der Waals surface area contributed by atoms with Gasteiger partial charge in [-0.05, 0) is 19.1 Å². The zero-order chi connectivity index (χ0) is 13.2. The van der Waals surface area contributed by atoms with Crippen molar-refractivity contribution in [1.29, 1.82) is 0 Å². The van der Waals surface area contributed by atoms with Gasteiger partial charge >= 0.3 is 0 Å². The Bertz CT molecular complexity index is 500. The largest absolute Gasteiger partial charge is 0.396 e. The summed E-state index contributed by atoms with van der Waals surface area (Å²) < 4.78 is 22.6. The maximum Gasteiger partial charge on any atom is 0.240 e. The number of hydrogen-bond acceptors (Lipinski definition) is 5. The molecule has 0 aromatic heterocycles.